The molecule has 0 amide bonds. The van der Waals surface area contributed by atoms with Gasteiger partial charge in [-0.15, -0.1) is 11.3 Å². The smallest absolute Gasteiger partial charge is 0.00799 e. The highest BCUT2D eigenvalue weighted by atomic mass is 32.1. The van der Waals surface area contributed by atoms with Crippen LogP contribution in [0.2, 0.25) is 0 Å². The summed E-state index contributed by atoms with van der Waals surface area (Å²) in [5, 5.41) is 5.72. The van der Waals surface area contributed by atoms with Gasteiger partial charge in [-0.1, -0.05) is 19.4 Å². The Hall–Kier alpha value is -0.340. The van der Waals surface area contributed by atoms with Gasteiger partial charge in [-0.05, 0) is 49.2 Å². The predicted octanol–water partition coefficient (Wildman–Crippen LogP) is 3.24. The SMILES string of the molecule is CCCC1CNCCC1c1cccs1. The van der Waals surface area contributed by atoms with Crippen molar-refractivity contribution >= 4 is 11.3 Å². The molecule has 0 radical (unpaired) electrons. The van der Waals surface area contributed by atoms with Crippen LogP contribution in [-0.2, 0) is 0 Å². The normalized spacial score (nSPS) is 27.8. The molecule has 1 N–H and O–H groups in total. The molecule has 1 nitrogen and oxygen atoms in total. The first-order valence-corrected chi connectivity index (χ1v) is 6.54. The molecule has 1 aromatic rings. The molecule has 1 aliphatic heterocycles. The second-order valence-corrected chi connectivity index (χ2v) is 5.14. The van der Waals surface area contributed by atoms with E-state index >= 15 is 0 Å². The molecule has 1 aromatic heterocycles. The number of piperidine rings is 1. The summed E-state index contributed by atoms with van der Waals surface area (Å²) < 4.78 is 0. The van der Waals surface area contributed by atoms with E-state index in [9.17, 15) is 0 Å². The van der Waals surface area contributed by atoms with E-state index in [-0.39, 0.29) is 0 Å². The molecule has 2 unspecified atom stereocenters. The summed E-state index contributed by atoms with van der Waals surface area (Å²) in [5.74, 6) is 1.70. The van der Waals surface area contributed by atoms with E-state index in [4.69, 9.17) is 0 Å². The number of hydrogen-bond donors (Lipinski definition) is 1. The van der Waals surface area contributed by atoms with Gasteiger partial charge in [0.05, 0.1) is 0 Å². The van der Waals surface area contributed by atoms with E-state index in [1.807, 2.05) is 11.3 Å². The maximum absolute atomic E-state index is 3.52. The maximum atomic E-state index is 3.52. The minimum Gasteiger partial charge on any atom is -0.316 e. The fraction of sp³-hybridized carbons (Fsp3) is 0.667. The van der Waals surface area contributed by atoms with Crippen molar-refractivity contribution in [3.63, 3.8) is 0 Å². The van der Waals surface area contributed by atoms with Crippen molar-refractivity contribution in [2.24, 2.45) is 5.92 Å². The molecule has 0 saturated carbocycles. The predicted molar refractivity (Wildman–Crippen MR) is 62.9 cm³/mol. The quantitative estimate of drug-likeness (QED) is 0.806. The van der Waals surface area contributed by atoms with Gasteiger partial charge in [-0.2, -0.15) is 0 Å². The molecule has 0 aliphatic carbocycles. The number of hydrogen-bond acceptors (Lipinski definition) is 2. The Morgan fingerprint density at radius 1 is 1.57 bits per heavy atom. The summed E-state index contributed by atoms with van der Waals surface area (Å²) in [7, 11) is 0. The molecule has 2 rings (SSSR count). The lowest BCUT2D eigenvalue weighted by Crippen LogP contribution is -2.35. The van der Waals surface area contributed by atoms with Crippen molar-refractivity contribution in [2.75, 3.05) is 13.1 Å². The third-order valence-corrected chi connectivity index (χ3v) is 4.18. The van der Waals surface area contributed by atoms with Crippen LogP contribution >= 0.6 is 11.3 Å². The van der Waals surface area contributed by atoms with Crippen LogP contribution in [0.3, 0.4) is 0 Å². The van der Waals surface area contributed by atoms with Crippen LogP contribution in [0.1, 0.15) is 37.0 Å². The third-order valence-electron chi connectivity index (χ3n) is 3.18. The van der Waals surface area contributed by atoms with Crippen LogP contribution in [0.5, 0.6) is 0 Å². The summed E-state index contributed by atoms with van der Waals surface area (Å²) in [4.78, 5) is 1.60. The van der Waals surface area contributed by atoms with Crippen molar-refractivity contribution in [2.45, 2.75) is 32.1 Å². The third kappa shape index (κ3) is 2.18. The van der Waals surface area contributed by atoms with Crippen molar-refractivity contribution in [3.8, 4) is 0 Å². The van der Waals surface area contributed by atoms with Gasteiger partial charge in [0, 0.05) is 4.88 Å². The minimum atomic E-state index is 0.830. The van der Waals surface area contributed by atoms with Crippen LogP contribution in [0.15, 0.2) is 17.5 Å². The van der Waals surface area contributed by atoms with Gasteiger partial charge in [-0.3, -0.25) is 0 Å². The Kier molecular flexibility index (Phi) is 3.60. The molecule has 2 heterocycles. The summed E-state index contributed by atoms with van der Waals surface area (Å²) in [6.45, 7) is 4.71. The van der Waals surface area contributed by atoms with Gasteiger partial charge >= 0.3 is 0 Å². The number of nitrogens with one attached hydrogen (secondary N) is 1. The number of rotatable bonds is 3. The van der Waals surface area contributed by atoms with E-state index in [1.54, 1.807) is 4.88 Å². The fourth-order valence-corrected chi connectivity index (χ4v) is 3.43. The summed E-state index contributed by atoms with van der Waals surface area (Å²) >= 11 is 1.93. The first kappa shape index (κ1) is 10.2. The van der Waals surface area contributed by atoms with Crippen LogP contribution in [-0.4, -0.2) is 13.1 Å². The van der Waals surface area contributed by atoms with Gasteiger partial charge in [0.15, 0.2) is 0 Å². The molecule has 1 fully saturated rings. The number of thiophene rings is 1. The monoisotopic (exact) mass is 209 g/mol. The van der Waals surface area contributed by atoms with E-state index in [0.29, 0.717) is 0 Å². The standard InChI is InChI=1S/C12H19NS/c1-2-4-10-9-13-7-6-11(10)12-5-3-8-14-12/h3,5,8,10-11,13H,2,4,6-7,9H2,1H3. The second-order valence-electron chi connectivity index (χ2n) is 4.16. The highest BCUT2D eigenvalue weighted by molar-refractivity contribution is 7.10. The Labute approximate surface area is 90.5 Å². The Morgan fingerprint density at radius 2 is 2.50 bits per heavy atom. The van der Waals surface area contributed by atoms with E-state index < -0.39 is 0 Å². The molecule has 14 heavy (non-hydrogen) atoms. The van der Waals surface area contributed by atoms with Gasteiger partial charge in [0.1, 0.15) is 0 Å². The summed E-state index contributed by atoms with van der Waals surface area (Å²) in [5.41, 5.74) is 0. The molecule has 1 saturated heterocycles. The lowest BCUT2D eigenvalue weighted by Gasteiger charge is -2.31. The van der Waals surface area contributed by atoms with Gasteiger partial charge in [0.25, 0.3) is 0 Å². The molecular weight excluding hydrogens is 190 g/mol. The molecule has 0 aromatic carbocycles. The average Bonchev–Trinajstić information content (AvgIpc) is 2.72. The van der Waals surface area contributed by atoms with Crippen molar-refractivity contribution in [1.82, 2.24) is 5.32 Å². The topological polar surface area (TPSA) is 12.0 Å². The van der Waals surface area contributed by atoms with Crippen molar-refractivity contribution < 1.29 is 0 Å². The summed E-state index contributed by atoms with van der Waals surface area (Å²) in [6, 6.07) is 4.49. The Balaban J connectivity index is 2.06. The molecule has 2 atom stereocenters. The molecular formula is C12H19NS. The largest absolute Gasteiger partial charge is 0.316 e. The molecule has 0 spiro atoms. The first-order valence-electron chi connectivity index (χ1n) is 5.66. The van der Waals surface area contributed by atoms with Gasteiger partial charge in [-0.25, -0.2) is 0 Å². The van der Waals surface area contributed by atoms with Crippen LogP contribution in [0, 0.1) is 5.92 Å². The Bertz CT molecular complexity index is 253. The van der Waals surface area contributed by atoms with E-state index in [0.717, 1.165) is 11.8 Å². The highest BCUT2D eigenvalue weighted by Crippen LogP contribution is 2.35. The van der Waals surface area contributed by atoms with Crippen LogP contribution < -0.4 is 5.32 Å². The average molecular weight is 209 g/mol. The zero-order valence-electron chi connectivity index (χ0n) is 8.83. The van der Waals surface area contributed by atoms with Crippen LogP contribution in [0.25, 0.3) is 0 Å². The van der Waals surface area contributed by atoms with E-state index in [2.05, 4.69) is 29.8 Å². The van der Waals surface area contributed by atoms with Gasteiger partial charge in [0.2, 0.25) is 0 Å². The maximum Gasteiger partial charge on any atom is 0.00799 e. The molecule has 0 bridgehead atoms. The van der Waals surface area contributed by atoms with Crippen molar-refractivity contribution in [1.29, 1.82) is 0 Å². The summed E-state index contributed by atoms with van der Waals surface area (Å²) in [6.07, 6.45) is 4.01. The van der Waals surface area contributed by atoms with Crippen LogP contribution in [0.4, 0.5) is 0 Å². The lowest BCUT2D eigenvalue weighted by atomic mass is 9.82. The zero-order valence-corrected chi connectivity index (χ0v) is 9.65. The molecule has 1 aliphatic rings. The van der Waals surface area contributed by atoms with E-state index in [1.165, 1.54) is 32.4 Å². The zero-order chi connectivity index (χ0) is 9.80. The molecule has 2 heteroatoms. The van der Waals surface area contributed by atoms with Gasteiger partial charge < -0.3 is 5.32 Å². The minimum absolute atomic E-state index is 0.830. The highest BCUT2D eigenvalue weighted by Gasteiger charge is 2.25. The first-order chi connectivity index (χ1) is 6.92. The second kappa shape index (κ2) is 4.94. The Morgan fingerprint density at radius 3 is 3.21 bits per heavy atom. The molecule has 78 valence electrons. The fourth-order valence-electron chi connectivity index (χ4n) is 2.47. The lowest BCUT2D eigenvalue weighted by molar-refractivity contribution is 0.310. The van der Waals surface area contributed by atoms with Crippen molar-refractivity contribution in [3.05, 3.63) is 22.4 Å².